The van der Waals surface area contributed by atoms with E-state index in [0.29, 0.717) is 12.3 Å². The van der Waals surface area contributed by atoms with Crippen molar-refractivity contribution in [3.05, 3.63) is 0 Å². The number of nitriles is 1. The van der Waals surface area contributed by atoms with Crippen molar-refractivity contribution in [1.82, 2.24) is 0 Å². The first-order valence-electron chi connectivity index (χ1n) is 4.08. The highest BCUT2D eigenvalue weighted by Gasteiger charge is 2.63. The summed E-state index contributed by atoms with van der Waals surface area (Å²) in [7, 11) is 1.33. The van der Waals surface area contributed by atoms with E-state index in [9.17, 15) is 4.79 Å². The zero-order valence-electron chi connectivity index (χ0n) is 7.63. The number of hydrogen-bond donors (Lipinski definition) is 0. The van der Waals surface area contributed by atoms with Gasteiger partial charge in [0.25, 0.3) is 0 Å². The maximum atomic E-state index is 11.2. The van der Waals surface area contributed by atoms with Crippen molar-refractivity contribution in [2.75, 3.05) is 7.11 Å². The number of hydrogen-bond acceptors (Lipinski definition) is 3. The van der Waals surface area contributed by atoms with Crippen molar-refractivity contribution in [2.24, 2.45) is 17.3 Å². The summed E-state index contributed by atoms with van der Waals surface area (Å²) in [6.45, 7) is 4.04. The molecule has 0 unspecified atom stereocenters. The van der Waals surface area contributed by atoms with E-state index in [0.717, 1.165) is 0 Å². The molecule has 0 aliphatic heterocycles. The molecule has 0 aromatic heterocycles. The normalized spacial score (nSPS) is 32.8. The minimum atomic E-state index is -0.817. The molecule has 1 aliphatic carbocycles. The van der Waals surface area contributed by atoms with Crippen LogP contribution in [0.2, 0.25) is 0 Å². The number of methoxy groups -OCH3 is 1. The first-order chi connectivity index (χ1) is 5.58. The van der Waals surface area contributed by atoms with E-state index < -0.39 is 5.41 Å². The Morgan fingerprint density at radius 2 is 2.33 bits per heavy atom. The lowest BCUT2D eigenvalue weighted by Gasteiger charge is -2.07. The molecule has 66 valence electrons. The van der Waals surface area contributed by atoms with Crippen molar-refractivity contribution in [3.63, 3.8) is 0 Å². The number of esters is 1. The highest BCUT2D eigenvalue weighted by atomic mass is 16.5. The molecule has 0 spiro atoms. The Balaban J connectivity index is 2.73. The summed E-state index contributed by atoms with van der Waals surface area (Å²) in [5.74, 6) is 0.197. The first-order valence-corrected chi connectivity index (χ1v) is 4.08. The van der Waals surface area contributed by atoms with Crippen LogP contribution in [0.4, 0.5) is 0 Å². The van der Waals surface area contributed by atoms with Crippen molar-refractivity contribution >= 4 is 5.97 Å². The van der Waals surface area contributed by atoms with Gasteiger partial charge in [0, 0.05) is 0 Å². The lowest BCUT2D eigenvalue weighted by atomic mass is 9.99. The highest BCUT2D eigenvalue weighted by molar-refractivity contribution is 5.84. The van der Waals surface area contributed by atoms with Gasteiger partial charge in [0.15, 0.2) is 5.41 Å². The van der Waals surface area contributed by atoms with Gasteiger partial charge in [0.1, 0.15) is 0 Å². The fraction of sp³-hybridized carbons (Fsp3) is 0.778. The van der Waals surface area contributed by atoms with Gasteiger partial charge in [-0.05, 0) is 18.3 Å². The summed E-state index contributed by atoms with van der Waals surface area (Å²) >= 11 is 0. The largest absolute Gasteiger partial charge is 0.468 e. The van der Waals surface area contributed by atoms with Gasteiger partial charge in [-0.2, -0.15) is 5.26 Å². The smallest absolute Gasteiger partial charge is 0.326 e. The maximum absolute atomic E-state index is 11.2. The van der Waals surface area contributed by atoms with Gasteiger partial charge in [-0.25, -0.2) is 0 Å². The van der Waals surface area contributed by atoms with E-state index in [1.54, 1.807) is 0 Å². The minimum absolute atomic E-state index is 0.190. The summed E-state index contributed by atoms with van der Waals surface area (Å²) < 4.78 is 4.59. The molecule has 0 N–H and O–H groups in total. The molecule has 1 fully saturated rings. The summed E-state index contributed by atoms with van der Waals surface area (Å²) in [6.07, 6.45) is 0.661. The molecule has 0 radical (unpaired) electrons. The third-order valence-corrected chi connectivity index (χ3v) is 2.57. The Morgan fingerprint density at radius 1 is 1.75 bits per heavy atom. The van der Waals surface area contributed by atoms with Crippen LogP contribution in [0.15, 0.2) is 0 Å². The molecule has 0 amide bonds. The lowest BCUT2D eigenvalue weighted by molar-refractivity contribution is -0.145. The lowest BCUT2D eigenvalue weighted by Crippen LogP contribution is -2.19. The standard InChI is InChI=1S/C9H13NO2/c1-6(2)7-4-9(7,5-10)8(11)12-3/h6-7H,4H2,1-3H3/t7-,9+/m1/s1. The Morgan fingerprint density at radius 3 is 2.58 bits per heavy atom. The van der Waals surface area contributed by atoms with Crippen LogP contribution >= 0.6 is 0 Å². The van der Waals surface area contributed by atoms with E-state index in [1.807, 2.05) is 13.8 Å². The number of rotatable bonds is 2. The molecular formula is C9H13NO2. The van der Waals surface area contributed by atoms with Crippen LogP contribution in [0.1, 0.15) is 20.3 Å². The topological polar surface area (TPSA) is 50.1 Å². The number of ether oxygens (including phenoxy) is 1. The van der Waals surface area contributed by atoms with Gasteiger partial charge < -0.3 is 4.74 Å². The van der Waals surface area contributed by atoms with E-state index in [-0.39, 0.29) is 11.9 Å². The number of carbonyl (C=O) groups is 1. The predicted octanol–water partition coefficient (Wildman–Crippen LogP) is 1.35. The Kier molecular flexibility index (Phi) is 2.10. The van der Waals surface area contributed by atoms with Gasteiger partial charge in [-0.3, -0.25) is 4.79 Å². The van der Waals surface area contributed by atoms with Crippen LogP contribution in [0.25, 0.3) is 0 Å². The molecule has 12 heavy (non-hydrogen) atoms. The van der Waals surface area contributed by atoms with E-state index >= 15 is 0 Å². The molecule has 0 aromatic rings. The molecule has 0 aromatic carbocycles. The third-order valence-electron chi connectivity index (χ3n) is 2.57. The predicted molar refractivity (Wildman–Crippen MR) is 43.0 cm³/mol. The maximum Gasteiger partial charge on any atom is 0.326 e. The Labute approximate surface area is 72.3 Å². The van der Waals surface area contributed by atoms with Crippen molar-refractivity contribution in [3.8, 4) is 6.07 Å². The molecule has 1 aliphatic rings. The fourth-order valence-electron chi connectivity index (χ4n) is 1.68. The molecule has 0 saturated heterocycles. The molecule has 2 atom stereocenters. The third kappa shape index (κ3) is 1.08. The zero-order valence-corrected chi connectivity index (χ0v) is 7.63. The molecule has 0 bridgehead atoms. The van der Waals surface area contributed by atoms with Crippen LogP contribution in [-0.2, 0) is 9.53 Å². The van der Waals surface area contributed by atoms with Crippen molar-refractivity contribution in [2.45, 2.75) is 20.3 Å². The zero-order chi connectivity index (χ0) is 9.35. The van der Waals surface area contributed by atoms with E-state index in [2.05, 4.69) is 10.8 Å². The van der Waals surface area contributed by atoms with Gasteiger partial charge in [-0.15, -0.1) is 0 Å². The van der Waals surface area contributed by atoms with Gasteiger partial charge in [0.05, 0.1) is 13.2 Å². The highest BCUT2D eigenvalue weighted by Crippen LogP contribution is 2.56. The summed E-state index contributed by atoms with van der Waals surface area (Å²) in [5.41, 5.74) is -0.817. The van der Waals surface area contributed by atoms with Crippen molar-refractivity contribution < 1.29 is 9.53 Å². The average molecular weight is 167 g/mol. The average Bonchev–Trinajstić information content (AvgIpc) is 2.79. The van der Waals surface area contributed by atoms with Crippen LogP contribution < -0.4 is 0 Å². The summed E-state index contributed by atoms with van der Waals surface area (Å²) in [4.78, 5) is 11.2. The van der Waals surface area contributed by atoms with Gasteiger partial charge in [-0.1, -0.05) is 13.8 Å². The van der Waals surface area contributed by atoms with Crippen LogP contribution in [0, 0.1) is 28.6 Å². The Hall–Kier alpha value is -1.04. The molecule has 0 heterocycles. The Bertz CT molecular complexity index is 241. The second-order valence-electron chi connectivity index (χ2n) is 3.63. The quantitative estimate of drug-likeness (QED) is 0.583. The fourth-order valence-corrected chi connectivity index (χ4v) is 1.68. The first kappa shape index (κ1) is 9.05. The SMILES string of the molecule is COC(=O)[C@]1(C#N)C[C@@H]1C(C)C. The molecule has 3 nitrogen and oxygen atoms in total. The molecular weight excluding hydrogens is 154 g/mol. The van der Waals surface area contributed by atoms with Crippen LogP contribution in [0.5, 0.6) is 0 Å². The molecule has 1 saturated carbocycles. The van der Waals surface area contributed by atoms with Gasteiger partial charge in [0.2, 0.25) is 0 Å². The molecule has 3 heteroatoms. The summed E-state index contributed by atoms with van der Waals surface area (Å²) in [5, 5.41) is 8.83. The second-order valence-corrected chi connectivity index (χ2v) is 3.63. The number of carbonyl (C=O) groups excluding carboxylic acids is 1. The second kappa shape index (κ2) is 2.78. The van der Waals surface area contributed by atoms with E-state index in [4.69, 9.17) is 5.26 Å². The monoisotopic (exact) mass is 167 g/mol. The number of nitrogens with zero attached hydrogens (tertiary/aromatic N) is 1. The van der Waals surface area contributed by atoms with Gasteiger partial charge >= 0.3 is 5.97 Å². The minimum Gasteiger partial charge on any atom is -0.468 e. The van der Waals surface area contributed by atoms with Crippen molar-refractivity contribution in [1.29, 1.82) is 5.26 Å². The van der Waals surface area contributed by atoms with Crippen LogP contribution in [-0.4, -0.2) is 13.1 Å². The molecule has 1 rings (SSSR count). The van der Waals surface area contributed by atoms with E-state index in [1.165, 1.54) is 7.11 Å². The van der Waals surface area contributed by atoms with Crippen LogP contribution in [0.3, 0.4) is 0 Å². The summed E-state index contributed by atoms with van der Waals surface area (Å²) in [6, 6.07) is 2.06.